The van der Waals surface area contributed by atoms with Gasteiger partial charge in [-0.05, 0) is 53.2 Å². The van der Waals surface area contributed by atoms with Gasteiger partial charge in [0.1, 0.15) is 11.5 Å². The van der Waals surface area contributed by atoms with Crippen molar-refractivity contribution in [2.24, 2.45) is 0 Å². The number of hydrogen-bond acceptors (Lipinski definition) is 4. The number of nitrogens with zero attached hydrogens (tertiary/aromatic N) is 4. The van der Waals surface area contributed by atoms with Crippen LogP contribution in [-0.4, -0.2) is 20.2 Å². The Morgan fingerprint density at radius 3 is 2.70 bits per heavy atom. The van der Waals surface area contributed by atoms with Crippen molar-refractivity contribution in [1.29, 1.82) is 0 Å². The molecule has 3 rings (SSSR count). The molecule has 0 aliphatic heterocycles. The molecule has 0 amide bonds. The standard InChI is InChI=1S/C14H12FN5/c1-9-8-10(16)6-7-11(9)14-17-18-19-20(14)13-5-3-2-4-12(13)15/h2-8H,16H2,1H3. The van der Waals surface area contributed by atoms with Gasteiger partial charge in [-0.25, -0.2) is 4.39 Å². The maximum atomic E-state index is 13.9. The Labute approximate surface area is 114 Å². The van der Waals surface area contributed by atoms with Crippen LogP contribution in [0.15, 0.2) is 42.5 Å². The fourth-order valence-corrected chi connectivity index (χ4v) is 2.08. The van der Waals surface area contributed by atoms with Gasteiger partial charge < -0.3 is 5.73 Å². The molecule has 0 bridgehead atoms. The Bertz CT molecular complexity index is 766. The van der Waals surface area contributed by atoms with Gasteiger partial charge in [0.25, 0.3) is 0 Å². The molecule has 2 N–H and O–H groups in total. The van der Waals surface area contributed by atoms with Crippen LogP contribution in [-0.2, 0) is 0 Å². The second kappa shape index (κ2) is 4.73. The molecule has 6 heteroatoms. The number of halogens is 1. The number of aromatic nitrogens is 4. The number of nitrogen functional groups attached to an aromatic ring is 1. The summed E-state index contributed by atoms with van der Waals surface area (Å²) in [6, 6.07) is 11.8. The Hall–Kier alpha value is -2.76. The lowest BCUT2D eigenvalue weighted by Crippen LogP contribution is -2.03. The van der Waals surface area contributed by atoms with Crippen LogP contribution in [0.2, 0.25) is 0 Å². The van der Waals surface area contributed by atoms with Gasteiger partial charge >= 0.3 is 0 Å². The topological polar surface area (TPSA) is 69.6 Å². The highest BCUT2D eigenvalue weighted by atomic mass is 19.1. The van der Waals surface area contributed by atoms with E-state index in [-0.39, 0.29) is 5.82 Å². The molecule has 0 atom stereocenters. The SMILES string of the molecule is Cc1cc(N)ccc1-c1nnnn1-c1ccccc1F. The lowest BCUT2D eigenvalue weighted by Gasteiger charge is -2.08. The molecule has 0 fully saturated rings. The first-order chi connectivity index (χ1) is 9.66. The number of nitrogens with two attached hydrogens (primary N) is 1. The summed E-state index contributed by atoms with van der Waals surface area (Å²) in [5.74, 6) is 0.0988. The van der Waals surface area contributed by atoms with Gasteiger partial charge in [0.05, 0.1) is 0 Å². The lowest BCUT2D eigenvalue weighted by molar-refractivity contribution is 0.608. The molecule has 20 heavy (non-hydrogen) atoms. The molecule has 0 radical (unpaired) electrons. The first-order valence-corrected chi connectivity index (χ1v) is 6.06. The fraction of sp³-hybridized carbons (Fsp3) is 0.0714. The summed E-state index contributed by atoms with van der Waals surface area (Å²) in [5, 5.41) is 11.5. The molecule has 0 saturated carbocycles. The normalized spacial score (nSPS) is 10.7. The van der Waals surface area contributed by atoms with E-state index in [1.165, 1.54) is 10.7 Å². The Morgan fingerprint density at radius 2 is 1.95 bits per heavy atom. The predicted octanol–water partition coefficient (Wildman–Crippen LogP) is 2.36. The van der Waals surface area contributed by atoms with Gasteiger partial charge in [0.2, 0.25) is 0 Å². The third-order valence-corrected chi connectivity index (χ3v) is 3.04. The monoisotopic (exact) mass is 269 g/mol. The first-order valence-electron chi connectivity index (χ1n) is 6.06. The molecular weight excluding hydrogens is 257 g/mol. The van der Waals surface area contributed by atoms with E-state index in [4.69, 9.17) is 5.73 Å². The Kier molecular flexibility index (Phi) is 2.90. The number of tetrazole rings is 1. The highest BCUT2D eigenvalue weighted by Crippen LogP contribution is 2.25. The summed E-state index contributed by atoms with van der Waals surface area (Å²) < 4.78 is 15.3. The fourth-order valence-electron chi connectivity index (χ4n) is 2.08. The quantitative estimate of drug-likeness (QED) is 0.725. The average Bonchev–Trinajstić information content (AvgIpc) is 2.88. The summed E-state index contributed by atoms with van der Waals surface area (Å²) >= 11 is 0. The molecule has 0 aliphatic rings. The molecule has 3 aromatic rings. The average molecular weight is 269 g/mol. The third-order valence-electron chi connectivity index (χ3n) is 3.04. The van der Waals surface area contributed by atoms with Crippen molar-refractivity contribution in [3.05, 3.63) is 53.8 Å². The smallest absolute Gasteiger partial charge is 0.187 e. The van der Waals surface area contributed by atoms with Crippen LogP contribution in [0.4, 0.5) is 10.1 Å². The van der Waals surface area contributed by atoms with Crippen molar-refractivity contribution in [3.8, 4) is 17.1 Å². The minimum atomic E-state index is -0.380. The molecule has 2 aromatic carbocycles. The van der Waals surface area contributed by atoms with Crippen molar-refractivity contribution in [2.45, 2.75) is 6.92 Å². The molecular formula is C14H12FN5. The van der Waals surface area contributed by atoms with Crippen molar-refractivity contribution >= 4 is 5.69 Å². The predicted molar refractivity (Wildman–Crippen MR) is 73.7 cm³/mol. The summed E-state index contributed by atoms with van der Waals surface area (Å²) in [5.41, 5.74) is 8.45. The second-order valence-electron chi connectivity index (χ2n) is 4.44. The van der Waals surface area contributed by atoms with Crippen LogP contribution < -0.4 is 5.73 Å². The zero-order chi connectivity index (χ0) is 14.1. The first kappa shape index (κ1) is 12.3. The maximum Gasteiger partial charge on any atom is 0.187 e. The minimum Gasteiger partial charge on any atom is -0.399 e. The highest BCUT2D eigenvalue weighted by molar-refractivity contribution is 5.65. The number of aryl methyl sites for hydroxylation is 1. The van der Waals surface area contributed by atoms with E-state index in [1.807, 2.05) is 19.1 Å². The van der Waals surface area contributed by atoms with E-state index in [0.717, 1.165) is 11.1 Å². The Morgan fingerprint density at radius 1 is 1.15 bits per heavy atom. The van der Waals surface area contributed by atoms with Gasteiger partial charge in [0.15, 0.2) is 5.82 Å². The maximum absolute atomic E-state index is 13.9. The summed E-state index contributed by atoms with van der Waals surface area (Å²) in [6.45, 7) is 1.91. The Balaban J connectivity index is 2.18. The second-order valence-corrected chi connectivity index (χ2v) is 4.44. The zero-order valence-electron chi connectivity index (χ0n) is 10.8. The number of hydrogen-bond donors (Lipinski definition) is 1. The molecule has 1 aromatic heterocycles. The number of rotatable bonds is 2. The molecule has 100 valence electrons. The van der Waals surface area contributed by atoms with Gasteiger partial charge in [-0.15, -0.1) is 5.10 Å². The van der Waals surface area contributed by atoms with E-state index in [9.17, 15) is 4.39 Å². The molecule has 0 aliphatic carbocycles. The van der Waals surface area contributed by atoms with E-state index in [0.29, 0.717) is 17.2 Å². The summed E-state index contributed by atoms with van der Waals surface area (Å²) in [7, 11) is 0. The number of anilines is 1. The van der Waals surface area contributed by atoms with Crippen LogP contribution in [0.5, 0.6) is 0 Å². The van der Waals surface area contributed by atoms with Gasteiger partial charge in [-0.3, -0.25) is 0 Å². The van der Waals surface area contributed by atoms with E-state index >= 15 is 0 Å². The zero-order valence-corrected chi connectivity index (χ0v) is 10.8. The van der Waals surface area contributed by atoms with Crippen LogP contribution in [0.25, 0.3) is 17.1 Å². The van der Waals surface area contributed by atoms with Crippen LogP contribution in [0.3, 0.4) is 0 Å². The molecule has 5 nitrogen and oxygen atoms in total. The molecule has 1 heterocycles. The number of para-hydroxylation sites is 1. The molecule has 0 spiro atoms. The number of benzene rings is 2. The minimum absolute atomic E-state index is 0.309. The van der Waals surface area contributed by atoms with Crippen molar-refractivity contribution < 1.29 is 4.39 Å². The van der Waals surface area contributed by atoms with Crippen molar-refractivity contribution in [2.75, 3.05) is 5.73 Å². The van der Waals surface area contributed by atoms with Gasteiger partial charge in [-0.2, -0.15) is 4.68 Å². The highest BCUT2D eigenvalue weighted by Gasteiger charge is 2.15. The molecule has 0 unspecified atom stereocenters. The van der Waals surface area contributed by atoms with Gasteiger partial charge in [-0.1, -0.05) is 12.1 Å². The van der Waals surface area contributed by atoms with Crippen molar-refractivity contribution in [1.82, 2.24) is 20.2 Å². The summed E-state index contributed by atoms with van der Waals surface area (Å²) in [4.78, 5) is 0. The van der Waals surface area contributed by atoms with E-state index < -0.39 is 0 Å². The van der Waals surface area contributed by atoms with E-state index in [2.05, 4.69) is 15.5 Å². The van der Waals surface area contributed by atoms with Gasteiger partial charge in [0, 0.05) is 11.3 Å². The summed E-state index contributed by atoms with van der Waals surface area (Å²) in [6.07, 6.45) is 0. The van der Waals surface area contributed by atoms with E-state index in [1.54, 1.807) is 24.3 Å². The molecule has 0 saturated heterocycles. The largest absolute Gasteiger partial charge is 0.399 e. The van der Waals surface area contributed by atoms with Crippen LogP contribution in [0, 0.1) is 12.7 Å². The van der Waals surface area contributed by atoms with Crippen LogP contribution in [0.1, 0.15) is 5.56 Å². The van der Waals surface area contributed by atoms with Crippen molar-refractivity contribution in [3.63, 3.8) is 0 Å². The lowest BCUT2D eigenvalue weighted by atomic mass is 10.1. The van der Waals surface area contributed by atoms with Crippen LogP contribution >= 0.6 is 0 Å². The third kappa shape index (κ3) is 2.01.